The van der Waals surface area contributed by atoms with E-state index in [4.69, 9.17) is 0 Å². The second-order valence-electron chi connectivity index (χ2n) is 7.66. The molecule has 27 heavy (non-hydrogen) atoms. The second kappa shape index (κ2) is 7.48. The minimum absolute atomic E-state index is 0.0138. The zero-order valence-corrected chi connectivity index (χ0v) is 17.2. The maximum atomic E-state index is 3.81. The number of pyridine rings is 1. The number of aromatic nitrogens is 1. The Labute approximate surface area is 163 Å². The summed E-state index contributed by atoms with van der Waals surface area (Å²) in [5.41, 5.74) is 6.53. The molecule has 138 valence electrons. The fourth-order valence-electron chi connectivity index (χ4n) is 4.25. The van der Waals surface area contributed by atoms with E-state index in [-0.39, 0.29) is 5.41 Å². The lowest BCUT2D eigenvalue weighted by Crippen LogP contribution is -2.28. The van der Waals surface area contributed by atoms with Gasteiger partial charge in [-0.15, -0.1) is 0 Å². The predicted molar refractivity (Wildman–Crippen MR) is 116 cm³/mol. The van der Waals surface area contributed by atoms with Crippen molar-refractivity contribution in [2.45, 2.75) is 27.2 Å². The molecule has 1 aliphatic heterocycles. The highest BCUT2D eigenvalue weighted by molar-refractivity contribution is 6.02. The van der Waals surface area contributed by atoms with Crippen LogP contribution < -0.4 is 4.57 Å². The van der Waals surface area contributed by atoms with Gasteiger partial charge in [-0.2, -0.15) is 4.58 Å². The zero-order chi connectivity index (χ0) is 19.6. The largest absolute Gasteiger partial charge is 0.212 e. The molecule has 0 saturated heterocycles. The first-order valence-electron chi connectivity index (χ1n) is 9.60. The fraction of sp³-hybridized carbons (Fsp3) is 0.280. The highest BCUT2D eigenvalue weighted by Gasteiger charge is 2.43. The summed E-state index contributed by atoms with van der Waals surface area (Å²) in [6.07, 6.45) is 13.8. The first kappa shape index (κ1) is 19.0. The van der Waals surface area contributed by atoms with Crippen LogP contribution in [0.5, 0.6) is 0 Å². The van der Waals surface area contributed by atoms with E-state index in [9.17, 15) is 0 Å². The summed E-state index contributed by atoms with van der Waals surface area (Å²) in [4.78, 5) is 0. The Morgan fingerprint density at radius 1 is 1.07 bits per heavy atom. The van der Waals surface area contributed by atoms with Crippen LogP contribution in [0.1, 0.15) is 32.8 Å². The van der Waals surface area contributed by atoms with Crippen LogP contribution in [0.15, 0.2) is 78.7 Å². The Bertz CT molecular complexity index is 1010. The molecule has 0 atom stereocenters. The summed E-state index contributed by atoms with van der Waals surface area (Å²) in [6.45, 7) is 10.7. The fourth-order valence-corrected chi connectivity index (χ4v) is 4.25. The molecule has 2 aromatic rings. The van der Waals surface area contributed by atoms with Gasteiger partial charge in [0.15, 0.2) is 11.9 Å². The number of aryl methyl sites for hydroxylation is 1. The van der Waals surface area contributed by atoms with Gasteiger partial charge in [-0.3, -0.25) is 0 Å². The average molecular weight is 359 g/mol. The van der Waals surface area contributed by atoms with Crippen LogP contribution >= 0.6 is 0 Å². The van der Waals surface area contributed by atoms with Crippen molar-refractivity contribution in [3.63, 3.8) is 0 Å². The molecule has 2 heterocycles. The number of nitrogens with zero attached hydrogens (tertiary/aromatic N) is 2. The van der Waals surface area contributed by atoms with E-state index in [1.54, 1.807) is 0 Å². The van der Waals surface area contributed by atoms with E-state index in [1.807, 2.05) is 12.2 Å². The highest BCUT2D eigenvalue weighted by Crippen LogP contribution is 2.39. The number of fused-ring (bicyclic) bond motifs is 1. The standard InChI is InChI=1S/C25H30N2/c1-7-9-13-23-21(8-2)25(3,4)24(27(23)6)16-15-19-17-20-12-10-11-14-22(20)26(5)18-19/h7,9-18H,1,8H2,2-6H3/q+2/b13-9-,16-15+. The van der Waals surface area contributed by atoms with Crippen LogP contribution in [0.4, 0.5) is 0 Å². The molecule has 0 radical (unpaired) electrons. The zero-order valence-electron chi connectivity index (χ0n) is 17.2. The van der Waals surface area contributed by atoms with Gasteiger partial charge in [-0.05, 0) is 38.5 Å². The van der Waals surface area contributed by atoms with Gasteiger partial charge in [-0.1, -0.05) is 37.8 Å². The quantitative estimate of drug-likeness (QED) is 0.512. The molecule has 0 amide bonds. The molecular weight excluding hydrogens is 328 g/mol. The van der Waals surface area contributed by atoms with Crippen LogP contribution in [0, 0.1) is 5.41 Å². The van der Waals surface area contributed by atoms with Crippen LogP contribution in [0.3, 0.4) is 0 Å². The highest BCUT2D eigenvalue weighted by atomic mass is 15.0. The summed E-state index contributed by atoms with van der Waals surface area (Å²) < 4.78 is 4.51. The van der Waals surface area contributed by atoms with Gasteiger partial charge in [0.2, 0.25) is 11.2 Å². The van der Waals surface area contributed by atoms with E-state index >= 15 is 0 Å². The van der Waals surface area contributed by atoms with Crippen LogP contribution in [-0.2, 0) is 7.05 Å². The molecule has 2 nitrogen and oxygen atoms in total. The van der Waals surface area contributed by atoms with E-state index in [0.29, 0.717) is 0 Å². The molecule has 3 rings (SSSR count). The number of hydrogen-bond acceptors (Lipinski definition) is 0. The van der Waals surface area contributed by atoms with Crippen molar-refractivity contribution in [2.24, 2.45) is 12.5 Å². The lowest BCUT2D eigenvalue weighted by Gasteiger charge is -2.18. The van der Waals surface area contributed by atoms with Gasteiger partial charge in [0.05, 0.1) is 5.41 Å². The van der Waals surface area contributed by atoms with Crippen LogP contribution in [0.25, 0.3) is 17.0 Å². The van der Waals surface area contributed by atoms with Gasteiger partial charge in [0, 0.05) is 34.7 Å². The van der Waals surface area contributed by atoms with Crippen molar-refractivity contribution < 1.29 is 9.14 Å². The van der Waals surface area contributed by atoms with Crippen LogP contribution in [-0.4, -0.2) is 17.3 Å². The smallest absolute Gasteiger partial charge is 0.200 e. The predicted octanol–water partition coefficient (Wildman–Crippen LogP) is 5.21. The maximum absolute atomic E-state index is 3.81. The third-order valence-corrected chi connectivity index (χ3v) is 5.59. The van der Waals surface area contributed by atoms with E-state index in [0.717, 1.165) is 6.42 Å². The number of para-hydroxylation sites is 1. The van der Waals surface area contributed by atoms with Gasteiger partial charge in [0.1, 0.15) is 14.1 Å². The molecule has 0 saturated carbocycles. The topological polar surface area (TPSA) is 6.89 Å². The summed E-state index contributed by atoms with van der Waals surface area (Å²) in [5, 5.41) is 1.26. The number of hydrogen-bond donors (Lipinski definition) is 0. The van der Waals surface area contributed by atoms with Crippen molar-refractivity contribution >= 4 is 22.7 Å². The molecule has 1 aromatic carbocycles. The molecular formula is C25H30N2+2. The maximum Gasteiger partial charge on any atom is 0.212 e. The van der Waals surface area contributed by atoms with Crippen molar-refractivity contribution in [2.75, 3.05) is 7.05 Å². The van der Waals surface area contributed by atoms with Crippen molar-refractivity contribution in [3.05, 3.63) is 84.2 Å². The Morgan fingerprint density at radius 3 is 2.52 bits per heavy atom. The molecule has 0 N–H and O–H groups in total. The lowest BCUT2D eigenvalue weighted by atomic mass is 9.79. The molecule has 0 bridgehead atoms. The van der Waals surface area contributed by atoms with E-state index < -0.39 is 0 Å². The van der Waals surface area contributed by atoms with Crippen molar-refractivity contribution in [3.8, 4) is 0 Å². The van der Waals surface area contributed by atoms with E-state index in [1.165, 1.54) is 33.4 Å². The Kier molecular flexibility index (Phi) is 5.27. The second-order valence-corrected chi connectivity index (χ2v) is 7.66. The number of benzene rings is 1. The first-order chi connectivity index (χ1) is 12.9. The van der Waals surface area contributed by atoms with Gasteiger partial charge >= 0.3 is 0 Å². The molecule has 0 unspecified atom stereocenters. The van der Waals surface area contributed by atoms with Crippen LogP contribution in [0.2, 0.25) is 0 Å². The molecule has 1 aliphatic rings. The summed E-state index contributed by atoms with van der Waals surface area (Å²) >= 11 is 0. The van der Waals surface area contributed by atoms with Crippen molar-refractivity contribution in [1.82, 2.24) is 0 Å². The Morgan fingerprint density at radius 2 is 1.81 bits per heavy atom. The van der Waals surface area contributed by atoms with Gasteiger partial charge < -0.3 is 0 Å². The summed E-state index contributed by atoms with van der Waals surface area (Å²) in [5.74, 6) is 0. The third kappa shape index (κ3) is 3.44. The van der Waals surface area contributed by atoms with Gasteiger partial charge in [-0.25, -0.2) is 4.57 Å². The van der Waals surface area contributed by atoms with E-state index in [2.05, 4.69) is 105 Å². The molecule has 0 fully saturated rings. The SMILES string of the molecule is C=C/C=C\C1=C(CC)C(C)(C)C(/C=C/c2cc3ccccc3[n+](C)c2)=[N+]1C. The average Bonchev–Trinajstić information content (AvgIpc) is 2.82. The molecule has 0 aliphatic carbocycles. The molecule has 2 heteroatoms. The van der Waals surface area contributed by atoms with Crippen molar-refractivity contribution in [1.29, 1.82) is 0 Å². The molecule has 0 spiro atoms. The summed E-state index contributed by atoms with van der Waals surface area (Å²) in [6, 6.07) is 10.7. The number of likely N-dealkylation sites (N-methyl/N-ethyl adjacent to an activating group) is 1. The molecule has 1 aromatic heterocycles. The third-order valence-electron chi connectivity index (χ3n) is 5.59. The number of allylic oxidation sites excluding steroid dienone is 5. The Balaban J connectivity index is 2.03. The number of rotatable bonds is 5. The monoisotopic (exact) mass is 358 g/mol. The minimum Gasteiger partial charge on any atom is -0.200 e. The Hall–Kier alpha value is -2.74. The summed E-state index contributed by atoms with van der Waals surface area (Å²) in [7, 11) is 4.26. The normalized spacial score (nSPS) is 17.1. The minimum atomic E-state index is 0.0138. The van der Waals surface area contributed by atoms with Gasteiger partial charge in [0.25, 0.3) is 0 Å². The first-order valence-corrected chi connectivity index (χ1v) is 9.60. The lowest BCUT2D eigenvalue weighted by molar-refractivity contribution is -0.645.